The van der Waals surface area contributed by atoms with E-state index in [-0.39, 0.29) is 24.5 Å². The molecule has 3 aromatic rings. The Labute approximate surface area is 143 Å². The van der Waals surface area contributed by atoms with Gasteiger partial charge in [0.25, 0.3) is 5.91 Å². The number of carbonyl (C=O) groups excluding carboxylic acids is 1. The molecular weight excluding hydrogens is 322 g/mol. The van der Waals surface area contributed by atoms with Crippen molar-refractivity contribution >= 4 is 11.7 Å². The van der Waals surface area contributed by atoms with Crippen LogP contribution in [0.4, 0.5) is 0 Å². The summed E-state index contributed by atoms with van der Waals surface area (Å²) in [5.41, 5.74) is 0.362. The Kier molecular flexibility index (Phi) is 3.92. The Hall–Kier alpha value is -2.81. The molecule has 0 aromatic carbocycles. The van der Waals surface area contributed by atoms with Crippen LogP contribution in [0, 0.1) is 0 Å². The predicted molar refractivity (Wildman–Crippen MR) is 87.8 cm³/mol. The molecule has 2 N–H and O–H groups in total. The van der Waals surface area contributed by atoms with Crippen LogP contribution in [0.2, 0.25) is 0 Å². The zero-order valence-electron chi connectivity index (χ0n) is 13.8. The van der Waals surface area contributed by atoms with Crippen LogP contribution in [-0.2, 0) is 13.2 Å². The Morgan fingerprint density at radius 1 is 1.40 bits per heavy atom. The molecule has 9 nitrogen and oxygen atoms in total. The van der Waals surface area contributed by atoms with Crippen LogP contribution in [0.5, 0.6) is 0 Å². The lowest BCUT2D eigenvalue weighted by molar-refractivity contribution is 0.0902. The Morgan fingerprint density at radius 3 is 2.96 bits per heavy atom. The second kappa shape index (κ2) is 6.25. The summed E-state index contributed by atoms with van der Waals surface area (Å²) in [4.78, 5) is 20.7. The first kappa shape index (κ1) is 15.7. The fourth-order valence-corrected chi connectivity index (χ4v) is 3.26. The predicted octanol–water partition coefficient (Wildman–Crippen LogP) is 0.509. The number of hydrogen-bond acceptors (Lipinski definition) is 6. The minimum Gasteiger partial charge on any atom is -0.388 e. The summed E-state index contributed by atoms with van der Waals surface area (Å²) in [6, 6.07) is 1.88. The van der Waals surface area contributed by atoms with Crippen molar-refractivity contribution in [2.45, 2.75) is 44.9 Å². The summed E-state index contributed by atoms with van der Waals surface area (Å²) in [6.45, 7) is 2.61. The van der Waals surface area contributed by atoms with E-state index in [1.165, 1.54) is 0 Å². The van der Waals surface area contributed by atoms with Crippen molar-refractivity contribution in [1.29, 1.82) is 0 Å². The van der Waals surface area contributed by atoms with Crippen LogP contribution in [-0.4, -0.2) is 46.2 Å². The highest BCUT2D eigenvalue weighted by Gasteiger charge is 2.35. The Bertz CT molecular complexity index is 877. The van der Waals surface area contributed by atoms with Crippen molar-refractivity contribution in [2.75, 3.05) is 0 Å². The highest BCUT2D eigenvalue weighted by atomic mass is 16.3. The number of amides is 1. The molecule has 0 radical (unpaired) electrons. The van der Waals surface area contributed by atoms with Gasteiger partial charge in [-0.05, 0) is 25.8 Å². The summed E-state index contributed by atoms with van der Waals surface area (Å²) >= 11 is 0. The van der Waals surface area contributed by atoms with Crippen LogP contribution < -0.4 is 5.32 Å². The number of aliphatic hydroxyl groups is 1. The molecule has 1 amide bonds. The van der Waals surface area contributed by atoms with Crippen molar-refractivity contribution in [3.05, 3.63) is 42.0 Å². The quantitative estimate of drug-likeness (QED) is 0.699. The third-order valence-corrected chi connectivity index (χ3v) is 4.62. The SMILES string of the molecule is CCn1c(CO)nnc1C1CC(NC(=O)c2cn3cccnc3n2)C1. The molecule has 1 aliphatic carbocycles. The molecule has 4 rings (SSSR count). The number of carbonyl (C=O) groups is 1. The van der Waals surface area contributed by atoms with Gasteiger partial charge in [0.15, 0.2) is 5.82 Å². The van der Waals surface area contributed by atoms with E-state index in [0.29, 0.717) is 17.3 Å². The van der Waals surface area contributed by atoms with Gasteiger partial charge in [0.05, 0.1) is 0 Å². The van der Waals surface area contributed by atoms with Crippen molar-refractivity contribution in [1.82, 2.24) is 34.4 Å². The van der Waals surface area contributed by atoms with Gasteiger partial charge in [0.2, 0.25) is 5.78 Å². The molecular formula is C16H19N7O2. The van der Waals surface area contributed by atoms with Crippen molar-refractivity contribution in [2.24, 2.45) is 0 Å². The van der Waals surface area contributed by atoms with E-state index in [2.05, 4.69) is 25.5 Å². The molecule has 1 fully saturated rings. The molecule has 0 aliphatic heterocycles. The topological polar surface area (TPSA) is 110 Å². The minimum atomic E-state index is -0.193. The molecule has 9 heteroatoms. The Balaban J connectivity index is 1.39. The lowest BCUT2D eigenvalue weighted by Crippen LogP contribution is -2.44. The fraction of sp³-hybridized carbons (Fsp3) is 0.438. The molecule has 25 heavy (non-hydrogen) atoms. The minimum absolute atomic E-state index is 0.0925. The number of aliphatic hydroxyl groups excluding tert-OH is 1. The highest BCUT2D eigenvalue weighted by molar-refractivity contribution is 5.93. The number of imidazole rings is 1. The Morgan fingerprint density at radius 2 is 2.24 bits per heavy atom. The third kappa shape index (κ3) is 2.76. The van der Waals surface area contributed by atoms with Gasteiger partial charge in [-0.2, -0.15) is 0 Å². The van der Waals surface area contributed by atoms with Crippen LogP contribution in [0.25, 0.3) is 5.78 Å². The molecule has 1 aliphatic rings. The first-order valence-corrected chi connectivity index (χ1v) is 8.33. The van der Waals surface area contributed by atoms with Gasteiger partial charge in [-0.1, -0.05) is 0 Å². The van der Waals surface area contributed by atoms with Crippen molar-refractivity contribution < 1.29 is 9.90 Å². The molecule has 0 atom stereocenters. The maximum Gasteiger partial charge on any atom is 0.271 e. The second-order valence-electron chi connectivity index (χ2n) is 6.17. The number of hydrogen-bond donors (Lipinski definition) is 2. The molecule has 1 saturated carbocycles. The van der Waals surface area contributed by atoms with Crippen molar-refractivity contribution in [3.8, 4) is 0 Å². The average molecular weight is 341 g/mol. The lowest BCUT2D eigenvalue weighted by atomic mass is 9.79. The molecule has 3 heterocycles. The smallest absolute Gasteiger partial charge is 0.271 e. The van der Waals surface area contributed by atoms with Gasteiger partial charge < -0.3 is 15.0 Å². The molecule has 0 bridgehead atoms. The molecule has 0 spiro atoms. The monoisotopic (exact) mass is 341 g/mol. The van der Waals surface area contributed by atoms with E-state index in [1.807, 2.05) is 17.7 Å². The molecule has 130 valence electrons. The summed E-state index contributed by atoms with van der Waals surface area (Å²) < 4.78 is 3.66. The molecule has 3 aromatic heterocycles. The number of fused-ring (bicyclic) bond motifs is 1. The van der Waals surface area contributed by atoms with Gasteiger partial charge in [0, 0.05) is 37.1 Å². The van der Waals surface area contributed by atoms with E-state index < -0.39 is 0 Å². The van der Waals surface area contributed by atoms with Crippen LogP contribution in [0.3, 0.4) is 0 Å². The normalized spacial score (nSPS) is 19.8. The fourth-order valence-electron chi connectivity index (χ4n) is 3.26. The maximum atomic E-state index is 12.4. The van der Waals surface area contributed by atoms with Gasteiger partial charge >= 0.3 is 0 Å². The zero-order valence-corrected chi connectivity index (χ0v) is 13.8. The summed E-state index contributed by atoms with van der Waals surface area (Å²) in [5.74, 6) is 2.03. The van der Waals surface area contributed by atoms with E-state index >= 15 is 0 Å². The molecule has 0 saturated heterocycles. The van der Waals surface area contributed by atoms with Gasteiger partial charge in [-0.3, -0.25) is 9.20 Å². The highest BCUT2D eigenvalue weighted by Crippen LogP contribution is 2.36. The van der Waals surface area contributed by atoms with E-state index in [0.717, 1.165) is 25.2 Å². The maximum absolute atomic E-state index is 12.4. The standard InChI is InChI=1S/C16H19N7O2/c1-2-23-13(9-24)20-21-14(23)10-6-11(7-10)18-15(25)12-8-22-5-3-4-17-16(22)19-12/h3-5,8,10-11,24H,2,6-7,9H2,1H3,(H,18,25). The van der Waals surface area contributed by atoms with E-state index in [4.69, 9.17) is 0 Å². The number of aromatic nitrogens is 6. The van der Waals surface area contributed by atoms with Gasteiger partial charge in [0.1, 0.15) is 18.1 Å². The van der Waals surface area contributed by atoms with Crippen LogP contribution in [0.15, 0.2) is 24.7 Å². The first-order chi connectivity index (χ1) is 12.2. The third-order valence-electron chi connectivity index (χ3n) is 4.62. The first-order valence-electron chi connectivity index (χ1n) is 8.33. The van der Waals surface area contributed by atoms with Gasteiger partial charge in [-0.15, -0.1) is 10.2 Å². The largest absolute Gasteiger partial charge is 0.388 e. The summed E-state index contributed by atoms with van der Waals surface area (Å²) in [6.07, 6.45) is 6.74. The zero-order chi connectivity index (χ0) is 17.4. The number of nitrogens with one attached hydrogen (secondary N) is 1. The van der Waals surface area contributed by atoms with Crippen molar-refractivity contribution in [3.63, 3.8) is 0 Å². The number of rotatable bonds is 5. The van der Waals surface area contributed by atoms with Gasteiger partial charge in [-0.25, -0.2) is 9.97 Å². The average Bonchev–Trinajstić information content (AvgIpc) is 3.20. The summed E-state index contributed by atoms with van der Waals surface area (Å²) in [7, 11) is 0. The lowest BCUT2D eigenvalue weighted by Gasteiger charge is -2.35. The van der Waals surface area contributed by atoms with E-state index in [9.17, 15) is 9.90 Å². The summed E-state index contributed by atoms with van der Waals surface area (Å²) in [5, 5.41) is 20.5. The van der Waals surface area contributed by atoms with E-state index in [1.54, 1.807) is 22.9 Å². The second-order valence-corrected chi connectivity index (χ2v) is 6.17. The number of nitrogens with zero attached hydrogens (tertiary/aromatic N) is 6. The van der Waals surface area contributed by atoms with Crippen LogP contribution >= 0.6 is 0 Å². The van der Waals surface area contributed by atoms with Crippen LogP contribution in [0.1, 0.15) is 47.8 Å². The molecule has 0 unspecified atom stereocenters.